The van der Waals surface area contributed by atoms with Crippen LogP contribution in [0.25, 0.3) is 0 Å². The fourth-order valence-corrected chi connectivity index (χ4v) is 1.73. The quantitative estimate of drug-likeness (QED) is 0.679. The average molecular weight is 218 g/mol. The molecule has 0 aliphatic carbocycles. The SMILES string of the molecule is COC(=O)c1cnc2c(c1)C(C)(C)C(C)=N2. The van der Waals surface area contributed by atoms with Gasteiger partial charge in [0.15, 0.2) is 5.82 Å². The van der Waals surface area contributed by atoms with Crippen LogP contribution in [0.1, 0.15) is 36.7 Å². The van der Waals surface area contributed by atoms with Gasteiger partial charge in [0.25, 0.3) is 0 Å². The smallest absolute Gasteiger partial charge is 0.339 e. The highest BCUT2D eigenvalue weighted by Crippen LogP contribution is 2.38. The minimum Gasteiger partial charge on any atom is -0.465 e. The summed E-state index contributed by atoms with van der Waals surface area (Å²) < 4.78 is 4.67. The van der Waals surface area contributed by atoms with E-state index in [0.717, 1.165) is 11.3 Å². The van der Waals surface area contributed by atoms with E-state index in [1.165, 1.54) is 13.3 Å². The number of aliphatic imine (C=N–C) groups is 1. The third-order valence-electron chi connectivity index (χ3n) is 3.14. The number of carbonyl (C=O) groups excluding carboxylic acids is 1. The molecule has 0 fully saturated rings. The Morgan fingerprint density at radius 2 is 2.12 bits per heavy atom. The molecule has 84 valence electrons. The molecule has 1 aliphatic heterocycles. The first-order chi connectivity index (χ1) is 7.46. The molecule has 1 aliphatic rings. The zero-order valence-electron chi connectivity index (χ0n) is 9.87. The van der Waals surface area contributed by atoms with Gasteiger partial charge in [0.2, 0.25) is 0 Å². The van der Waals surface area contributed by atoms with E-state index in [1.54, 1.807) is 0 Å². The van der Waals surface area contributed by atoms with Crippen molar-refractivity contribution in [1.82, 2.24) is 4.98 Å². The van der Waals surface area contributed by atoms with Crippen LogP contribution >= 0.6 is 0 Å². The Hall–Kier alpha value is -1.71. The van der Waals surface area contributed by atoms with E-state index in [9.17, 15) is 4.79 Å². The van der Waals surface area contributed by atoms with Crippen LogP contribution in [0.2, 0.25) is 0 Å². The maximum Gasteiger partial charge on any atom is 0.339 e. The van der Waals surface area contributed by atoms with E-state index in [2.05, 4.69) is 28.6 Å². The van der Waals surface area contributed by atoms with Gasteiger partial charge in [-0.15, -0.1) is 0 Å². The van der Waals surface area contributed by atoms with Crippen LogP contribution in [0.15, 0.2) is 17.3 Å². The average Bonchev–Trinajstić information content (AvgIpc) is 2.49. The summed E-state index contributed by atoms with van der Waals surface area (Å²) in [5, 5.41) is 0. The number of aromatic nitrogens is 1. The molecule has 4 nitrogen and oxygen atoms in total. The highest BCUT2D eigenvalue weighted by molar-refractivity contribution is 6.00. The molecule has 2 heterocycles. The van der Waals surface area contributed by atoms with Gasteiger partial charge in [0.05, 0.1) is 12.7 Å². The Labute approximate surface area is 94.4 Å². The molecule has 0 bridgehead atoms. The van der Waals surface area contributed by atoms with Gasteiger partial charge in [-0.25, -0.2) is 14.8 Å². The first kappa shape index (κ1) is 10.8. The van der Waals surface area contributed by atoms with Crippen molar-refractivity contribution in [3.05, 3.63) is 23.4 Å². The highest BCUT2D eigenvalue weighted by atomic mass is 16.5. The van der Waals surface area contributed by atoms with Crippen molar-refractivity contribution < 1.29 is 9.53 Å². The number of hydrogen-bond donors (Lipinski definition) is 0. The van der Waals surface area contributed by atoms with Crippen molar-refractivity contribution in [1.29, 1.82) is 0 Å². The van der Waals surface area contributed by atoms with E-state index >= 15 is 0 Å². The molecule has 0 amide bonds. The van der Waals surface area contributed by atoms with Gasteiger partial charge in [-0.1, -0.05) is 13.8 Å². The Morgan fingerprint density at radius 3 is 2.75 bits per heavy atom. The zero-order valence-corrected chi connectivity index (χ0v) is 9.87. The monoisotopic (exact) mass is 218 g/mol. The van der Waals surface area contributed by atoms with Crippen molar-refractivity contribution in [2.24, 2.45) is 4.99 Å². The predicted octanol–water partition coefficient (Wildman–Crippen LogP) is 2.25. The standard InChI is InChI=1S/C12H14N2O2/c1-7-12(2,3)9-5-8(11(15)16-4)6-13-10(9)14-7/h5-6H,1-4H3. The van der Waals surface area contributed by atoms with Gasteiger partial charge < -0.3 is 4.74 Å². The second-order valence-electron chi connectivity index (χ2n) is 4.41. The third-order valence-corrected chi connectivity index (χ3v) is 3.14. The molecule has 0 aromatic carbocycles. The number of carbonyl (C=O) groups is 1. The molecule has 0 N–H and O–H groups in total. The lowest BCUT2D eigenvalue weighted by atomic mass is 9.82. The van der Waals surface area contributed by atoms with Crippen molar-refractivity contribution in [3.8, 4) is 0 Å². The lowest BCUT2D eigenvalue weighted by Crippen LogP contribution is -2.23. The van der Waals surface area contributed by atoms with E-state index in [-0.39, 0.29) is 11.4 Å². The fourth-order valence-electron chi connectivity index (χ4n) is 1.73. The van der Waals surface area contributed by atoms with E-state index < -0.39 is 0 Å². The van der Waals surface area contributed by atoms with Gasteiger partial charge in [-0.3, -0.25) is 0 Å². The summed E-state index contributed by atoms with van der Waals surface area (Å²) in [6.07, 6.45) is 1.50. The molecule has 16 heavy (non-hydrogen) atoms. The summed E-state index contributed by atoms with van der Waals surface area (Å²) in [7, 11) is 1.36. The number of esters is 1. The summed E-state index contributed by atoms with van der Waals surface area (Å²) in [6.45, 7) is 6.11. The molecule has 0 spiro atoms. The number of nitrogens with zero attached hydrogens (tertiary/aromatic N) is 2. The zero-order chi connectivity index (χ0) is 11.9. The van der Waals surface area contributed by atoms with Crippen molar-refractivity contribution in [3.63, 3.8) is 0 Å². The van der Waals surface area contributed by atoms with Crippen LogP contribution in [0, 0.1) is 0 Å². The molecule has 1 aromatic rings. The van der Waals surface area contributed by atoms with Crippen LogP contribution in [0.3, 0.4) is 0 Å². The Bertz CT molecular complexity index is 490. The van der Waals surface area contributed by atoms with E-state index in [4.69, 9.17) is 0 Å². The third kappa shape index (κ3) is 1.41. The number of rotatable bonds is 1. The summed E-state index contributed by atoms with van der Waals surface area (Å²) in [5.74, 6) is 0.339. The van der Waals surface area contributed by atoms with Crippen LogP contribution in [-0.4, -0.2) is 23.8 Å². The van der Waals surface area contributed by atoms with Crippen LogP contribution < -0.4 is 0 Å². The first-order valence-corrected chi connectivity index (χ1v) is 5.11. The first-order valence-electron chi connectivity index (χ1n) is 5.11. The minimum absolute atomic E-state index is 0.160. The lowest BCUT2D eigenvalue weighted by molar-refractivity contribution is 0.0600. The summed E-state index contributed by atoms with van der Waals surface area (Å²) in [4.78, 5) is 20.0. The molecule has 2 rings (SSSR count). The number of hydrogen-bond acceptors (Lipinski definition) is 4. The Balaban J connectivity index is 2.52. The van der Waals surface area contributed by atoms with Gasteiger partial charge >= 0.3 is 5.97 Å². The molecular formula is C12H14N2O2. The summed E-state index contributed by atoms with van der Waals surface area (Å²) in [5.41, 5.74) is 2.30. The molecular weight excluding hydrogens is 204 g/mol. The van der Waals surface area contributed by atoms with Gasteiger partial charge in [-0.05, 0) is 13.0 Å². The number of pyridine rings is 1. The van der Waals surface area contributed by atoms with Crippen molar-refractivity contribution >= 4 is 17.5 Å². The number of methoxy groups -OCH3 is 1. The van der Waals surface area contributed by atoms with Crippen LogP contribution in [0.4, 0.5) is 5.82 Å². The van der Waals surface area contributed by atoms with Crippen LogP contribution in [-0.2, 0) is 10.2 Å². The van der Waals surface area contributed by atoms with Crippen molar-refractivity contribution in [2.75, 3.05) is 7.11 Å². The largest absolute Gasteiger partial charge is 0.465 e. The van der Waals surface area contributed by atoms with Gasteiger partial charge in [0.1, 0.15) is 0 Å². The number of ether oxygens (including phenoxy) is 1. The topological polar surface area (TPSA) is 51.5 Å². The van der Waals surface area contributed by atoms with Crippen LogP contribution in [0.5, 0.6) is 0 Å². The molecule has 0 saturated heterocycles. The van der Waals surface area contributed by atoms with E-state index in [0.29, 0.717) is 11.4 Å². The maximum atomic E-state index is 11.4. The maximum absolute atomic E-state index is 11.4. The van der Waals surface area contributed by atoms with Gasteiger partial charge in [0, 0.05) is 22.9 Å². The summed E-state index contributed by atoms with van der Waals surface area (Å²) in [6, 6.07) is 1.81. The molecule has 0 saturated carbocycles. The van der Waals surface area contributed by atoms with Crippen molar-refractivity contribution in [2.45, 2.75) is 26.2 Å². The molecule has 1 aromatic heterocycles. The molecule has 0 atom stereocenters. The Kier molecular flexibility index (Phi) is 2.30. The fraction of sp³-hybridized carbons (Fsp3) is 0.417. The lowest BCUT2D eigenvalue weighted by Gasteiger charge is -2.19. The number of fused-ring (bicyclic) bond motifs is 1. The molecule has 0 unspecified atom stereocenters. The minimum atomic E-state index is -0.365. The second-order valence-corrected chi connectivity index (χ2v) is 4.41. The Morgan fingerprint density at radius 1 is 1.44 bits per heavy atom. The second kappa shape index (κ2) is 3.40. The van der Waals surface area contributed by atoms with Gasteiger partial charge in [-0.2, -0.15) is 0 Å². The summed E-state index contributed by atoms with van der Waals surface area (Å²) >= 11 is 0. The predicted molar refractivity (Wildman–Crippen MR) is 61.4 cm³/mol. The highest BCUT2D eigenvalue weighted by Gasteiger charge is 2.33. The molecule has 4 heteroatoms. The normalized spacial score (nSPS) is 16.6. The van der Waals surface area contributed by atoms with E-state index in [1.807, 2.05) is 13.0 Å². The molecule has 0 radical (unpaired) electrons.